The molecular weight excluding hydrogens is 218 g/mol. The summed E-state index contributed by atoms with van der Waals surface area (Å²) in [4.78, 5) is 1.06. The fourth-order valence-corrected chi connectivity index (χ4v) is 2.91. The second kappa shape index (κ2) is 3.91. The van der Waals surface area contributed by atoms with Gasteiger partial charge in [-0.25, -0.2) is 0 Å². The number of hydrogen-bond donors (Lipinski definition) is 0. The lowest BCUT2D eigenvalue weighted by atomic mass is 9.97. The molecule has 1 aliphatic rings. The van der Waals surface area contributed by atoms with Crippen LogP contribution in [0.4, 0.5) is 0 Å². The summed E-state index contributed by atoms with van der Waals surface area (Å²) in [6, 6.07) is 6.07. The van der Waals surface area contributed by atoms with E-state index in [9.17, 15) is 5.26 Å². The maximum Gasteiger partial charge on any atom is 0.168 e. The van der Waals surface area contributed by atoms with Crippen LogP contribution in [0, 0.1) is 11.3 Å². The molecule has 0 fully saturated rings. The molecule has 16 heavy (non-hydrogen) atoms. The Bertz CT molecular complexity index is 439. The number of nitrogens with zero attached hydrogens (tertiary/aromatic N) is 3. The Kier molecular flexibility index (Phi) is 2.73. The Morgan fingerprint density at radius 1 is 1.62 bits per heavy atom. The first-order chi connectivity index (χ1) is 7.54. The first kappa shape index (κ1) is 11.2. The number of hydrazone groups is 1. The predicted octanol–water partition coefficient (Wildman–Crippen LogP) is 3.17. The molecule has 84 valence electrons. The van der Waals surface area contributed by atoms with Gasteiger partial charge in [0.15, 0.2) is 6.04 Å². The zero-order chi connectivity index (χ0) is 11.8. The largest absolute Gasteiger partial charge is 0.269 e. The third-order valence-electron chi connectivity index (χ3n) is 2.77. The molecule has 0 aromatic carbocycles. The molecule has 1 aliphatic heterocycles. The fourth-order valence-electron chi connectivity index (χ4n) is 2.15. The minimum absolute atomic E-state index is 0.0610. The average Bonchev–Trinajstić information content (AvgIpc) is 2.77. The molecule has 1 aromatic heterocycles. The standard InChI is InChI=1S/C12H15N3S/c1-9-7-12(2,3)15(14-9)10(8-13)11-5-4-6-16-11/h4-6,10H,7H2,1-3H3/t10-/m0/s1. The van der Waals surface area contributed by atoms with E-state index in [1.165, 1.54) is 0 Å². The highest BCUT2D eigenvalue weighted by molar-refractivity contribution is 7.10. The molecule has 0 N–H and O–H groups in total. The van der Waals surface area contributed by atoms with Crippen molar-refractivity contribution in [2.45, 2.75) is 38.8 Å². The van der Waals surface area contributed by atoms with Crippen LogP contribution >= 0.6 is 11.3 Å². The maximum absolute atomic E-state index is 9.32. The summed E-state index contributed by atoms with van der Waals surface area (Å²) < 4.78 is 0. The fraction of sp³-hybridized carbons (Fsp3) is 0.500. The highest BCUT2D eigenvalue weighted by Gasteiger charge is 2.38. The van der Waals surface area contributed by atoms with E-state index in [0.29, 0.717) is 0 Å². The molecule has 1 atom stereocenters. The van der Waals surface area contributed by atoms with Gasteiger partial charge < -0.3 is 0 Å². The summed E-state index contributed by atoms with van der Waals surface area (Å²) in [6.45, 7) is 6.28. The third kappa shape index (κ3) is 1.83. The molecule has 2 rings (SSSR count). The smallest absolute Gasteiger partial charge is 0.168 e. The van der Waals surface area contributed by atoms with Gasteiger partial charge in [-0.05, 0) is 32.2 Å². The molecule has 0 bridgehead atoms. The van der Waals surface area contributed by atoms with Crippen LogP contribution in [-0.2, 0) is 0 Å². The summed E-state index contributed by atoms with van der Waals surface area (Å²) in [7, 11) is 0. The third-order valence-corrected chi connectivity index (χ3v) is 3.69. The molecule has 0 saturated heterocycles. The molecule has 0 saturated carbocycles. The lowest BCUT2D eigenvalue weighted by molar-refractivity contribution is 0.124. The van der Waals surface area contributed by atoms with E-state index in [-0.39, 0.29) is 11.6 Å². The quantitative estimate of drug-likeness (QED) is 0.787. The van der Waals surface area contributed by atoms with Crippen molar-refractivity contribution in [1.29, 1.82) is 5.26 Å². The summed E-state index contributed by atoms with van der Waals surface area (Å²) in [5.41, 5.74) is 1.04. The molecular formula is C12H15N3S. The van der Waals surface area contributed by atoms with Crippen LogP contribution in [0.15, 0.2) is 22.6 Å². The average molecular weight is 233 g/mol. The van der Waals surface area contributed by atoms with Gasteiger partial charge in [-0.2, -0.15) is 10.4 Å². The normalized spacial score (nSPS) is 20.4. The van der Waals surface area contributed by atoms with Crippen molar-refractivity contribution in [3.8, 4) is 6.07 Å². The SMILES string of the molecule is CC1=NN([C@@H](C#N)c2cccs2)C(C)(C)C1. The number of rotatable bonds is 2. The Hall–Kier alpha value is -1.34. The maximum atomic E-state index is 9.32. The minimum Gasteiger partial charge on any atom is -0.269 e. The van der Waals surface area contributed by atoms with E-state index in [0.717, 1.165) is 17.0 Å². The van der Waals surface area contributed by atoms with Gasteiger partial charge in [-0.3, -0.25) is 5.01 Å². The molecule has 4 heteroatoms. The number of thiophene rings is 1. The molecule has 2 heterocycles. The van der Waals surface area contributed by atoms with E-state index in [4.69, 9.17) is 0 Å². The first-order valence-corrected chi connectivity index (χ1v) is 6.19. The van der Waals surface area contributed by atoms with Crippen molar-refractivity contribution in [1.82, 2.24) is 5.01 Å². The Labute approximate surface area is 100 Å². The van der Waals surface area contributed by atoms with Gasteiger partial charge in [0, 0.05) is 17.0 Å². The van der Waals surface area contributed by atoms with Crippen LogP contribution in [0.25, 0.3) is 0 Å². The summed E-state index contributed by atoms with van der Waals surface area (Å²) >= 11 is 1.61. The molecule has 0 spiro atoms. The van der Waals surface area contributed by atoms with Gasteiger partial charge in [0.2, 0.25) is 0 Å². The summed E-state index contributed by atoms with van der Waals surface area (Å²) in [5.74, 6) is 0. The van der Waals surface area contributed by atoms with Crippen LogP contribution in [0.2, 0.25) is 0 Å². The Balaban J connectivity index is 2.33. The van der Waals surface area contributed by atoms with Gasteiger partial charge in [0.05, 0.1) is 11.6 Å². The van der Waals surface area contributed by atoms with Crippen LogP contribution in [-0.4, -0.2) is 16.3 Å². The van der Waals surface area contributed by atoms with Gasteiger partial charge in [-0.1, -0.05) is 6.07 Å². The highest BCUT2D eigenvalue weighted by atomic mass is 32.1. The van der Waals surface area contributed by atoms with Crippen LogP contribution < -0.4 is 0 Å². The lowest BCUT2D eigenvalue weighted by Crippen LogP contribution is -2.38. The van der Waals surface area contributed by atoms with E-state index in [1.807, 2.05) is 29.4 Å². The zero-order valence-corrected chi connectivity index (χ0v) is 10.6. The topological polar surface area (TPSA) is 39.4 Å². The van der Waals surface area contributed by atoms with Crippen molar-refractivity contribution in [3.63, 3.8) is 0 Å². The molecule has 0 aliphatic carbocycles. The summed E-state index contributed by atoms with van der Waals surface area (Å²) in [6.07, 6.45) is 0.927. The molecule has 0 radical (unpaired) electrons. The Morgan fingerprint density at radius 3 is 2.81 bits per heavy atom. The van der Waals surface area contributed by atoms with Crippen LogP contribution in [0.1, 0.15) is 38.1 Å². The first-order valence-electron chi connectivity index (χ1n) is 5.31. The van der Waals surface area contributed by atoms with Gasteiger partial charge in [0.1, 0.15) is 0 Å². The Morgan fingerprint density at radius 2 is 2.38 bits per heavy atom. The monoisotopic (exact) mass is 233 g/mol. The van der Waals surface area contributed by atoms with Crippen LogP contribution in [0.5, 0.6) is 0 Å². The van der Waals surface area contributed by atoms with Crippen molar-refractivity contribution < 1.29 is 0 Å². The van der Waals surface area contributed by atoms with Gasteiger partial charge in [0.25, 0.3) is 0 Å². The second-order valence-electron chi connectivity index (χ2n) is 4.72. The van der Waals surface area contributed by atoms with Gasteiger partial charge >= 0.3 is 0 Å². The van der Waals surface area contributed by atoms with Crippen molar-refractivity contribution in [2.75, 3.05) is 0 Å². The second-order valence-corrected chi connectivity index (χ2v) is 5.70. The summed E-state index contributed by atoms with van der Waals surface area (Å²) in [5, 5.41) is 17.8. The minimum atomic E-state index is -0.257. The molecule has 1 aromatic rings. The lowest BCUT2D eigenvalue weighted by Gasteiger charge is -2.33. The van der Waals surface area contributed by atoms with Crippen molar-refractivity contribution in [3.05, 3.63) is 22.4 Å². The highest BCUT2D eigenvalue weighted by Crippen LogP contribution is 2.36. The molecule has 3 nitrogen and oxygen atoms in total. The zero-order valence-electron chi connectivity index (χ0n) is 9.77. The van der Waals surface area contributed by atoms with E-state index in [2.05, 4.69) is 25.0 Å². The molecule has 0 unspecified atom stereocenters. The van der Waals surface area contributed by atoms with E-state index in [1.54, 1.807) is 11.3 Å². The van der Waals surface area contributed by atoms with E-state index >= 15 is 0 Å². The van der Waals surface area contributed by atoms with Crippen molar-refractivity contribution in [2.24, 2.45) is 5.10 Å². The van der Waals surface area contributed by atoms with Crippen LogP contribution in [0.3, 0.4) is 0 Å². The predicted molar refractivity (Wildman–Crippen MR) is 66.3 cm³/mol. The number of nitriles is 1. The van der Waals surface area contributed by atoms with Crippen molar-refractivity contribution >= 4 is 17.0 Å². The molecule has 0 amide bonds. The van der Waals surface area contributed by atoms with Gasteiger partial charge in [-0.15, -0.1) is 11.3 Å². The van der Waals surface area contributed by atoms with E-state index < -0.39 is 0 Å². The number of hydrogen-bond acceptors (Lipinski definition) is 4.